The molecule has 2 aromatic carbocycles. The average molecular weight is 623 g/mol. The molecule has 0 amide bonds. The van der Waals surface area contributed by atoms with Gasteiger partial charge in [0.1, 0.15) is 4.70 Å². The third-order valence-corrected chi connectivity index (χ3v) is 10.7. The molecule has 0 fully saturated rings. The Bertz CT molecular complexity index is 1700. The highest BCUT2D eigenvalue weighted by Crippen LogP contribution is 2.46. The van der Waals surface area contributed by atoms with Gasteiger partial charge in [0.2, 0.25) is 5.52 Å². The molecule has 0 unspecified atom stereocenters. The summed E-state index contributed by atoms with van der Waals surface area (Å²) in [6.45, 7) is 9.65. The van der Waals surface area contributed by atoms with E-state index in [-0.39, 0.29) is 12.2 Å². The van der Waals surface area contributed by atoms with Crippen LogP contribution in [0.15, 0.2) is 98.7 Å². The van der Waals surface area contributed by atoms with Crippen molar-refractivity contribution in [3.63, 3.8) is 0 Å². The smallest absolute Gasteiger partial charge is 0.262 e. The summed E-state index contributed by atoms with van der Waals surface area (Å²) in [7, 11) is -4.25. The number of thiazole rings is 1. The lowest BCUT2D eigenvalue weighted by Crippen LogP contribution is -2.36. The summed E-state index contributed by atoms with van der Waals surface area (Å²) in [5.74, 6) is -0.366. The Morgan fingerprint density at radius 3 is 2.78 bits per heavy atom. The molecule has 5 rings (SSSR count). The van der Waals surface area contributed by atoms with Crippen molar-refractivity contribution in [2.75, 3.05) is 17.2 Å². The molecule has 2 aliphatic rings. The number of hydrogen-bond donors (Lipinski definition) is 0. The largest absolute Gasteiger partial charge is 0.748 e. The van der Waals surface area contributed by atoms with Crippen LogP contribution in [0.5, 0.6) is 0 Å². The molecule has 0 atom stereocenters. The van der Waals surface area contributed by atoms with Gasteiger partial charge in [0.25, 0.3) is 5.01 Å². The van der Waals surface area contributed by atoms with Gasteiger partial charge in [0.15, 0.2) is 6.54 Å². The molecule has 5 nitrogen and oxygen atoms in total. The van der Waals surface area contributed by atoms with Crippen molar-refractivity contribution < 1.29 is 17.5 Å². The Hall–Kier alpha value is -2.56. The van der Waals surface area contributed by atoms with Gasteiger partial charge in [0.05, 0.1) is 20.8 Å². The molecule has 0 saturated carbocycles. The van der Waals surface area contributed by atoms with Crippen LogP contribution in [0, 0.1) is 6.92 Å². The van der Waals surface area contributed by atoms with E-state index in [0.717, 1.165) is 45.9 Å². The number of benzene rings is 2. The Labute approximate surface area is 255 Å². The number of hydrogen-bond acceptors (Lipinski definition) is 7. The van der Waals surface area contributed by atoms with Gasteiger partial charge in [-0.2, -0.15) is 4.57 Å². The second kappa shape index (κ2) is 13.2. The van der Waals surface area contributed by atoms with Crippen LogP contribution in [0.25, 0.3) is 16.3 Å². The molecule has 0 bridgehead atoms. The van der Waals surface area contributed by atoms with Gasteiger partial charge in [-0.1, -0.05) is 72.7 Å². The number of rotatable bonds is 11. The van der Waals surface area contributed by atoms with Crippen LogP contribution in [0.1, 0.15) is 43.2 Å². The molecule has 0 spiro atoms. The topological polar surface area (TPSA) is 64.3 Å². The fourth-order valence-electron chi connectivity index (χ4n) is 5.08. The second-order valence-corrected chi connectivity index (χ2v) is 14.8. The van der Waals surface area contributed by atoms with Crippen molar-refractivity contribution in [1.82, 2.24) is 0 Å². The van der Waals surface area contributed by atoms with Crippen molar-refractivity contribution >= 4 is 67.0 Å². The molecule has 9 heteroatoms. The van der Waals surface area contributed by atoms with Gasteiger partial charge in [-0.15, -0.1) is 0 Å². The summed E-state index contributed by atoms with van der Waals surface area (Å²) in [6, 6.07) is 13.0. The van der Waals surface area contributed by atoms with Crippen LogP contribution < -0.4 is 9.47 Å². The summed E-state index contributed by atoms with van der Waals surface area (Å²) in [4.78, 5) is 4.82. The molecule has 1 aliphatic heterocycles. The summed E-state index contributed by atoms with van der Waals surface area (Å²) < 4.78 is 36.9. The molecule has 0 saturated heterocycles. The first-order valence-electron chi connectivity index (χ1n) is 13.8. The minimum atomic E-state index is -4.25. The lowest BCUT2D eigenvalue weighted by atomic mass is 10.2. The summed E-state index contributed by atoms with van der Waals surface area (Å²) in [6.07, 6.45) is 14.4. The highest BCUT2D eigenvalue weighted by Gasteiger charge is 2.24. The number of aryl methyl sites for hydroxylation is 2. The normalized spacial score (nSPS) is 17.3. The Morgan fingerprint density at radius 2 is 2.00 bits per heavy atom. The molecule has 1 aliphatic carbocycles. The van der Waals surface area contributed by atoms with Gasteiger partial charge in [-0.25, -0.2) is 8.42 Å². The van der Waals surface area contributed by atoms with Gasteiger partial charge in [-0.05, 0) is 78.6 Å². The first kappa shape index (κ1) is 29.9. The molecule has 2 heterocycles. The van der Waals surface area contributed by atoms with E-state index in [9.17, 15) is 13.0 Å². The molecule has 214 valence electrons. The molecule has 1 aromatic heterocycles. The zero-order chi connectivity index (χ0) is 29.0. The Kier molecular flexibility index (Phi) is 9.61. The van der Waals surface area contributed by atoms with Crippen molar-refractivity contribution in [3.05, 3.63) is 99.4 Å². The van der Waals surface area contributed by atoms with Crippen LogP contribution in [0.2, 0.25) is 0 Å². The van der Waals surface area contributed by atoms with Crippen LogP contribution >= 0.6 is 34.9 Å². The molecular weight excluding hydrogens is 589 g/mol. The molecule has 0 radical (unpaired) electrons. The van der Waals surface area contributed by atoms with Crippen molar-refractivity contribution in [2.24, 2.45) is 0 Å². The first-order chi connectivity index (χ1) is 19.7. The van der Waals surface area contributed by atoms with Crippen molar-refractivity contribution in [1.29, 1.82) is 0 Å². The SMILES string of the molecule is C=CSc1ccc2sc(/C=C/C3=CC(=C/C=C4\Sc5ccc(C)cc5N4CCC)/CC3)[n+](CCCS(=O)(=O)[O-])c2c1. The fourth-order valence-corrected chi connectivity index (χ4v) is 8.23. The van der Waals surface area contributed by atoms with Crippen LogP contribution in [-0.2, 0) is 16.7 Å². The minimum absolute atomic E-state index is 0.281. The zero-order valence-corrected chi connectivity index (χ0v) is 26.6. The van der Waals surface area contributed by atoms with E-state index in [1.54, 1.807) is 28.5 Å². The van der Waals surface area contributed by atoms with Gasteiger partial charge < -0.3 is 9.45 Å². The van der Waals surface area contributed by atoms with Crippen molar-refractivity contribution in [2.45, 2.75) is 55.9 Å². The Morgan fingerprint density at radius 1 is 1.15 bits per heavy atom. The van der Waals surface area contributed by atoms with E-state index in [1.165, 1.54) is 32.3 Å². The number of allylic oxidation sites excluding steroid dienone is 6. The fraction of sp³-hybridized carbons (Fsp3) is 0.281. The van der Waals surface area contributed by atoms with Gasteiger partial charge >= 0.3 is 0 Å². The van der Waals surface area contributed by atoms with E-state index in [1.807, 2.05) is 11.8 Å². The van der Waals surface area contributed by atoms with E-state index in [2.05, 4.69) is 96.7 Å². The highest BCUT2D eigenvalue weighted by molar-refractivity contribution is 8.03. The first-order valence-corrected chi connectivity index (χ1v) is 17.9. The maximum Gasteiger partial charge on any atom is 0.262 e. The zero-order valence-electron chi connectivity index (χ0n) is 23.3. The van der Waals surface area contributed by atoms with E-state index in [4.69, 9.17) is 0 Å². The Balaban J connectivity index is 1.37. The maximum atomic E-state index is 11.2. The average Bonchev–Trinajstić information content (AvgIpc) is 3.62. The van der Waals surface area contributed by atoms with Gasteiger partial charge in [0, 0.05) is 40.7 Å². The number of anilines is 1. The third-order valence-electron chi connectivity index (χ3n) is 6.98. The number of fused-ring (bicyclic) bond motifs is 2. The van der Waals surface area contributed by atoms with E-state index < -0.39 is 10.1 Å². The van der Waals surface area contributed by atoms with Crippen LogP contribution in [-0.4, -0.2) is 25.3 Å². The second-order valence-electron chi connectivity index (χ2n) is 10.1. The molecular formula is C32H34N2O3S4. The van der Waals surface area contributed by atoms with Crippen molar-refractivity contribution in [3.8, 4) is 0 Å². The monoisotopic (exact) mass is 622 g/mol. The maximum absolute atomic E-state index is 11.2. The lowest BCUT2D eigenvalue weighted by molar-refractivity contribution is -0.668. The number of thioether (sulfide) groups is 2. The molecule has 41 heavy (non-hydrogen) atoms. The quantitative estimate of drug-likeness (QED) is 0.122. The summed E-state index contributed by atoms with van der Waals surface area (Å²) in [5.41, 5.74) is 6.22. The van der Waals surface area contributed by atoms with Crippen LogP contribution in [0.3, 0.4) is 0 Å². The van der Waals surface area contributed by atoms with Gasteiger partial charge in [-0.3, -0.25) is 0 Å². The molecule has 3 aromatic rings. The minimum Gasteiger partial charge on any atom is -0.748 e. The van der Waals surface area contributed by atoms with E-state index >= 15 is 0 Å². The third kappa shape index (κ3) is 7.45. The summed E-state index contributed by atoms with van der Waals surface area (Å²) >= 11 is 5.07. The number of aromatic nitrogens is 1. The summed E-state index contributed by atoms with van der Waals surface area (Å²) in [5, 5.41) is 4.11. The standard InChI is InChI=1S/C32H34N2O3S4/c1-4-17-33-27-20-23(3)7-13-29(27)39-31(33)15-10-24-8-9-25(21-24)11-16-32-34(18-6-19-41(35,36)37)28-22-26(38-5-2)12-14-30(28)40-32/h5,7,10-16,20-22H,2,4,6,8-9,17-19H2,1,3H3. The lowest BCUT2D eigenvalue weighted by Gasteiger charge is -2.19. The highest BCUT2D eigenvalue weighted by atomic mass is 32.2. The predicted octanol–water partition coefficient (Wildman–Crippen LogP) is 8.19. The molecule has 0 N–H and O–H groups in total. The number of nitrogens with zero attached hydrogens (tertiary/aromatic N) is 2. The van der Waals surface area contributed by atoms with E-state index in [0.29, 0.717) is 6.54 Å². The van der Waals surface area contributed by atoms with Crippen LogP contribution in [0.4, 0.5) is 5.69 Å². The predicted molar refractivity (Wildman–Crippen MR) is 174 cm³/mol.